The Morgan fingerprint density at radius 3 is 2.84 bits per heavy atom. The van der Waals surface area contributed by atoms with Crippen LogP contribution in [0.5, 0.6) is 0 Å². The summed E-state index contributed by atoms with van der Waals surface area (Å²) in [4.78, 5) is 7.06. The quantitative estimate of drug-likeness (QED) is 0.304. The standard InChI is InChI=1S/C23H23IN6O/c24-19-9-5-4-8-18(19)16-25-27-21-15-23(29-10-12-31-13-11-29)30-22(26-21)14-20(28-30)17-6-2-1-3-7-17/h1-2,4-6,8-9,14-16H,3,7,10-13H2,(H,26,27)/b25-16+. The van der Waals surface area contributed by atoms with Gasteiger partial charge in [-0.25, -0.2) is 4.98 Å². The summed E-state index contributed by atoms with van der Waals surface area (Å²) in [6.07, 6.45) is 10.3. The van der Waals surface area contributed by atoms with Crippen LogP contribution in [0, 0.1) is 3.57 Å². The van der Waals surface area contributed by atoms with E-state index < -0.39 is 0 Å². The number of fused-ring (bicyclic) bond motifs is 1. The molecule has 2 aliphatic rings. The van der Waals surface area contributed by atoms with Gasteiger partial charge in [-0.3, -0.25) is 5.43 Å². The lowest BCUT2D eigenvalue weighted by Crippen LogP contribution is -2.37. The lowest BCUT2D eigenvalue weighted by Gasteiger charge is -2.29. The molecule has 0 amide bonds. The fraction of sp³-hybridized carbons (Fsp3) is 0.261. The molecule has 5 rings (SSSR count). The number of benzene rings is 1. The molecule has 1 aromatic carbocycles. The molecule has 1 aliphatic carbocycles. The van der Waals surface area contributed by atoms with Gasteiger partial charge in [0.25, 0.3) is 0 Å². The summed E-state index contributed by atoms with van der Waals surface area (Å²) in [5.41, 5.74) is 7.20. The smallest absolute Gasteiger partial charge is 0.160 e. The van der Waals surface area contributed by atoms with Gasteiger partial charge in [0.2, 0.25) is 0 Å². The number of hydrogen-bond acceptors (Lipinski definition) is 6. The number of hydrazone groups is 1. The van der Waals surface area contributed by atoms with Crippen molar-refractivity contribution >= 4 is 51.7 Å². The molecule has 31 heavy (non-hydrogen) atoms. The van der Waals surface area contributed by atoms with Crippen LogP contribution in [-0.4, -0.2) is 47.1 Å². The molecule has 7 nitrogen and oxygen atoms in total. The maximum absolute atomic E-state index is 5.55. The Balaban J connectivity index is 1.50. The number of aromatic nitrogens is 3. The fourth-order valence-electron chi connectivity index (χ4n) is 3.75. The molecule has 8 heteroatoms. The van der Waals surface area contributed by atoms with Crippen molar-refractivity contribution in [3.8, 4) is 0 Å². The van der Waals surface area contributed by atoms with Gasteiger partial charge in [0.1, 0.15) is 5.82 Å². The van der Waals surface area contributed by atoms with Crippen molar-refractivity contribution in [3.05, 3.63) is 69.5 Å². The summed E-state index contributed by atoms with van der Waals surface area (Å²) < 4.78 is 8.64. The minimum atomic E-state index is 0.695. The Bertz CT molecular complexity index is 1180. The average molecular weight is 526 g/mol. The van der Waals surface area contributed by atoms with E-state index in [9.17, 15) is 0 Å². The number of allylic oxidation sites excluding steroid dienone is 4. The van der Waals surface area contributed by atoms with E-state index in [1.165, 1.54) is 5.57 Å². The molecule has 158 valence electrons. The number of halogens is 1. The van der Waals surface area contributed by atoms with Gasteiger partial charge >= 0.3 is 0 Å². The van der Waals surface area contributed by atoms with Gasteiger partial charge in [-0.05, 0) is 47.1 Å². The molecule has 1 fully saturated rings. The van der Waals surface area contributed by atoms with Crippen molar-refractivity contribution in [2.24, 2.45) is 5.10 Å². The van der Waals surface area contributed by atoms with Crippen molar-refractivity contribution in [3.63, 3.8) is 0 Å². The van der Waals surface area contributed by atoms with Crippen molar-refractivity contribution < 1.29 is 4.74 Å². The Kier molecular flexibility index (Phi) is 5.99. The summed E-state index contributed by atoms with van der Waals surface area (Å²) >= 11 is 2.31. The largest absolute Gasteiger partial charge is 0.378 e. The van der Waals surface area contributed by atoms with Crippen LogP contribution in [0.3, 0.4) is 0 Å². The van der Waals surface area contributed by atoms with Crippen LogP contribution in [0.15, 0.2) is 59.7 Å². The number of rotatable bonds is 5. The summed E-state index contributed by atoms with van der Waals surface area (Å²) in [6.45, 7) is 3.07. The molecular formula is C23H23IN6O. The van der Waals surface area contributed by atoms with Crippen LogP contribution in [0.4, 0.5) is 11.6 Å². The van der Waals surface area contributed by atoms with E-state index in [1.54, 1.807) is 0 Å². The van der Waals surface area contributed by atoms with E-state index in [0.717, 1.165) is 52.2 Å². The molecule has 0 radical (unpaired) electrons. The van der Waals surface area contributed by atoms with Crippen LogP contribution in [0.25, 0.3) is 11.2 Å². The molecule has 0 atom stereocenters. The van der Waals surface area contributed by atoms with E-state index in [0.29, 0.717) is 19.0 Å². The molecule has 3 aromatic rings. The molecule has 0 saturated carbocycles. The van der Waals surface area contributed by atoms with Crippen molar-refractivity contribution in [1.82, 2.24) is 14.6 Å². The van der Waals surface area contributed by atoms with Crippen molar-refractivity contribution in [2.75, 3.05) is 36.6 Å². The van der Waals surface area contributed by atoms with E-state index in [1.807, 2.05) is 35.0 Å². The molecule has 1 aliphatic heterocycles. The van der Waals surface area contributed by atoms with Gasteiger partial charge in [-0.1, -0.05) is 36.4 Å². The predicted octanol–water partition coefficient (Wildman–Crippen LogP) is 4.35. The first-order valence-electron chi connectivity index (χ1n) is 10.4. The lowest BCUT2D eigenvalue weighted by atomic mass is 10.0. The number of ether oxygens (including phenoxy) is 1. The number of nitrogens with one attached hydrogen (secondary N) is 1. The van der Waals surface area contributed by atoms with Gasteiger partial charge in [-0.2, -0.15) is 14.7 Å². The van der Waals surface area contributed by atoms with E-state index in [-0.39, 0.29) is 0 Å². The zero-order valence-electron chi connectivity index (χ0n) is 17.0. The van der Waals surface area contributed by atoms with E-state index >= 15 is 0 Å². The lowest BCUT2D eigenvalue weighted by molar-refractivity contribution is 0.122. The monoisotopic (exact) mass is 526 g/mol. The fourth-order valence-corrected chi connectivity index (χ4v) is 4.28. The predicted molar refractivity (Wildman–Crippen MR) is 133 cm³/mol. The van der Waals surface area contributed by atoms with Crippen molar-refractivity contribution in [2.45, 2.75) is 12.8 Å². The van der Waals surface area contributed by atoms with Crippen LogP contribution in [0.1, 0.15) is 24.1 Å². The van der Waals surface area contributed by atoms with Gasteiger partial charge in [0, 0.05) is 34.4 Å². The number of hydrogen-bond donors (Lipinski definition) is 1. The van der Waals surface area contributed by atoms with Crippen LogP contribution in [-0.2, 0) is 4.74 Å². The Morgan fingerprint density at radius 1 is 1.16 bits per heavy atom. The van der Waals surface area contributed by atoms with Gasteiger partial charge < -0.3 is 9.64 Å². The van der Waals surface area contributed by atoms with Gasteiger partial charge in [-0.15, -0.1) is 0 Å². The topological polar surface area (TPSA) is 67.0 Å². The second kappa shape index (κ2) is 9.19. The number of anilines is 2. The van der Waals surface area contributed by atoms with E-state index in [2.05, 4.69) is 68.4 Å². The van der Waals surface area contributed by atoms with Crippen LogP contribution < -0.4 is 10.3 Å². The second-order valence-electron chi connectivity index (χ2n) is 7.45. The average Bonchev–Trinajstić information content (AvgIpc) is 3.25. The molecule has 3 heterocycles. The first-order chi connectivity index (χ1) is 15.3. The molecule has 0 bridgehead atoms. The molecule has 0 spiro atoms. The summed E-state index contributed by atoms with van der Waals surface area (Å²) in [6, 6.07) is 12.2. The summed E-state index contributed by atoms with van der Waals surface area (Å²) in [7, 11) is 0. The first-order valence-corrected chi connectivity index (χ1v) is 11.5. The third kappa shape index (κ3) is 4.49. The van der Waals surface area contributed by atoms with E-state index in [4.69, 9.17) is 14.8 Å². The second-order valence-corrected chi connectivity index (χ2v) is 8.61. The maximum Gasteiger partial charge on any atom is 0.160 e. The van der Waals surface area contributed by atoms with Gasteiger partial charge in [0.05, 0.1) is 25.1 Å². The minimum absolute atomic E-state index is 0.695. The molecular weight excluding hydrogens is 503 g/mol. The maximum atomic E-state index is 5.55. The molecule has 2 aromatic heterocycles. The zero-order chi connectivity index (χ0) is 21.0. The minimum Gasteiger partial charge on any atom is -0.378 e. The van der Waals surface area contributed by atoms with Crippen LogP contribution in [0.2, 0.25) is 0 Å². The Labute approximate surface area is 194 Å². The Morgan fingerprint density at radius 2 is 2.03 bits per heavy atom. The third-order valence-corrected chi connectivity index (χ3v) is 6.36. The highest BCUT2D eigenvalue weighted by Crippen LogP contribution is 2.27. The normalized spacial score (nSPS) is 16.8. The highest BCUT2D eigenvalue weighted by molar-refractivity contribution is 14.1. The first kappa shape index (κ1) is 20.2. The highest BCUT2D eigenvalue weighted by atomic mass is 127. The van der Waals surface area contributed by atoms with Crippen LogP contribution >= 0.6 is 22.6 Å². The molecule has 0 unspecified atom stereocenters. The third-order valence-electron chi connectivity index (χ3n) is 5.37. The van der Waals surface area contributed by atoms with Crippen molar-refractivity contribution in [1.29, 1.82) is 0 Å². The highest BCUT2D eigenvalue weighted by Gasteiger charge is 2.19. The number of morpholine rings is 1. The Hall–Kier alpha value is -2.72. The van der Waals surface area contributed by atoms with Gasteiger partial charge in [0.15, 0.2) is 11.5 Å². The molecule has 1 saturated heterocycles. The summed E-state index contributed by atoms with van der Waals surface area (Å²) in [5.74, 6) is 1.69. The summed E-state index contributed by atoms with van der Waals surface area (Å²) in [5, 5.41) is 9.32. The molecule has 1 N–H and O–H groups in total. The zero-order valence-corrected chi connectivity index (χ0v) is 19.2. The SMILES string of the molecule is Ic1ccccc1/C=N/Nc1cc(N2CCOCC2)n2nc(C3=CC=CCC3)cc2n1. The number of nitrogens with zero attached hydrogens (tertiary/aromatic N) is 5.